The first-order valence-electron chi connectivity index (χ1n) is 5.73. The van der Waals surface area contributed by atoms with Crippen LogP contribution in [0.25, 0.3) is 0 Å². The fraction of sp³-hybridized carbons (Fsp3) is 0.462. The SMILES string of the molecule is COC(=O)C1CCN(Cc2ccc(Cl)cc2)C1. The molecule has 1 atom stereocenters. The smallest absolute Gasteiger partial charge is 0.310 e. The zero-order valence-corrected chi connectivity index (χ0v) is 10.6. The van der Waals surface area contributed by atoms with E-state index in [1.807, 2.05) is 24.3 Å². The predicted molar refractivity (Wildman–Crippen MR) is 66.9 cm³/mol. The molecule has 1 aliphatic heterocycles. The first kappa shape index (κ1) is 12.4. The van der Waals surface area contributed by atoms with E-state index in [1.54, 1.807) is 0 Å². The van der Waals surface area contributed by atoms with Crippen LogP contribution in [0.15, 0.2) is 24.3 Å². The lowest BCUT2D eigenvalue weighted by Crippen LogP contribution is -2.23. The summed E-state index contributed by atoms with van der Waals surface area (Å²) < 4.78 is 4.77. The van der Waals surface area contributed by atoms with Crippen LogP contribution in [0, 0.1) is 5.92 Å². The van der Waals surface area contributed by atoms with Crippen LogP contribution in [0.5, 0.6) is 0 Å². The van der Waals surface area contributed by atoms with Gasteiger partial charge in [0.1, 0.15) is 0 Å². The molecule has 0 amide bonds. The minimum absolute atomic E-state index is 0.0345. The third kappa shape index (κ3) is 3.20. The molecule has 0 N–H and O–H groups in total. The maximum absolute atomic E-state index is 11.4. The number of esters is 1. The van der Waals surface area contributed by atoms with E-state index < -0.39 is 0 Å². The molecule has 1 heterocycles. The molecule has 2 rings (SSSR count). The molecule has 0 saturated carbocycles. The number of hydrogen-bond acceptors (Lipinski definition) is 3. The first-order valence-corrected chi connectivity index (χ1v) is 6.11. The molecule has 3 nitrogen and oxygen atoms in total. The summed E-state index contributed by atoms with van der Waals surface area (Å²) in [7, 11) is 1.45. The van der Waals surface area contributed by atoms with E-state index in [-0.39, 0.29) is 11.9 Å². The van der Waals surface area contributed by atoms with Crippen LogP contribution in [0.3, 0.4) is 0 Å². The van der Waals surface area contributed by atoms with Crippen LogP contribution in [-0.4, -0.2) is 31.1 Å². The Morgan fingerprint density at radius 2 is 2.18 bits per heavy atom. The van der Waals surface area contributed by atoms with Gasteiger partial charge in [0.15, 0.2) is 0 Å². The number of likely N-dealkylation sites (tertiary alicyclic amines) is 1. The van der Waals surface area contributed by atoms with E-state index in [0.717, 1.165) is 31.1 Å². The van der Waals surface area contributed by atoms with Gasteiger partial charge < -0.3 is 4.74 Å². The van der Waals surface area contributed by atoms with Gasteiger partial charge >= 0.3 is 5.97 Å². The molecular weight excluding hydrogens is 238 g/mol. The molecule has 1 saturated heterocycles. The highest BCUT2D eigenvalue weighted by atomic mass is 35.5. The number of hydrogen-bond donors (Lipinski definition) is 0. The average molecular weight is 254 g/mol. The normalized spacial score (nSPS) is 20.5. The molecule has 1 aromatic rings. The lowest BCUT2D eigenvalue weighted by Gasteiger charge is -2.15. The van der Waals surface area contributed by atoms with Crippen molar-refractivity contribution in [2.45, 2.75) is 13.0 Å². The fourth-order valence-corrected chi connectivity index (χ4v) is 2.31. The van der Waals surface area contributed by atoms with Crippen molar-refractivity contribution >= 4 is 17.6 Å². The van der Waals surface area contributed by atoms with Gasteiger partial charge in [0, 0.05) is 18.1 Å². The Hall–Kier alpha value is -1.06. The minimum Gasteiger partial charge on any atom is -0.469 e. The number of rotatable bonds is 3. The quantitative estimate of drug-likeness (QED) is 0.775. The van der Waals surface area contributed by atoms with Crippen LogP contribution >= 0.6 is 11.6 Å². The number of methoxy groups -OCH3 is 1. The molecule has 0 aliphatic carbocycles. The van der Waals surface area contributed by atoms with Gasteiger partial charge in [-0.05, 0) is 30.7 Å². The molecular formula is C13H16ClNO2. The first-order chi connectivity index (χ1) is 8.19. The van der Waals surface area contributed by atoms with Crippen LogP contribution in [0.4, 0.5) is 0 Å². The van der Waals surface area contributed by atoms with Gasteiger partial charge in [-0.2, -0.15) is 0 Å². The Balaban J connectivity index is 1.89. The van der Waals surface area contributed by atoms with Gasteiger partial charge in [-0.25, -0.2) is 0 Å². The highest BCUT2D eigenvalue weighted by molar-refractivity contribution is 6.30. The van der Waals surface area contributed by atoms with Crippen molar-refractivity contribution in [3.8, 4) is 0 Å². The van der Waals surface area contributed by atoms with Crippen molar-refractivity contribution in [1.82, 2.24) is 4.90 Å². The molecule has 4 heteroatoms. The number of carbonyl (C=O) groups excluding carboxylic acids is 1. The van der Waals surface area contributed by atoms with Crippen molar-refractivity contribution < 1.29 is 9.53 Å². The standard InChI is InChI=1S/C13H16ClNO2/c1-17-13(16)11-6-7-15(9-11)8-10-2-4-12(14)5-3-10/h2-5,11H,6-9H2,1H3. The van der Waals surface area contributed by atoms with Gasteiger partial charge in [-0.1, -0.05) is 23.7 Å². The number of carbonyl (C=O) groups is 1. The van der Waals surface area contributed by atoms with Crippen molar-refractivity contribution in [1.29, 1.82) is 0 Å². The van der Waals surface area contributed by atoms with Gasteiger partial charge in [-0.15, -0.1) is 0 Å². The van der Waals surface area contributed by atoms with Gasteiger partial charge in [0.2, 0.25) is 0 Å². The Morgan fingerprint density at radius 3 is 2.82 bits per heavy atom. The molecule has 0 bridgehead atoms. The monoisotopic (exact) mass is 253 g/mol. The number of benzene rings is 1. The van der Waals surface area contributed by atoms with Gasteiger partial charge in [0.05, 0.1) is 13.0 Å². The Morgan fingerprint density at radius 1 is 1.47 bits per heavy atom. The summed E-state index contributed by atoms with van der Waals surface area (Å²) in [6.07, 6.45) is 0.889. The third-order valence-corrected chi connectivity index (χ3v) is 3.38. The largest absolute Gasteiger partial charge is 0.469 e. The van der Waals surface area contributed by atoms with Crippen molar-refractivity contribution in [3.05, 3.63) is 34.9 Å². The molecule has 0 radical (unpaired) electrons. The van der Waals surface area contributed by atoms with E-state index in [1.165, 1.54) is 12.7 Å². The summed E-state index contributed by atoms with van der Waals surface area (Å²) in [5.74, 6) is -0.0593. The van der Waals surface area contributed by atoms with Crippen LogP contribution in [0.2, 0.25) is 5.02 Å². The zero-order valence-electron chi connectivity index (χ0n) is 9.86. The van der Waals surface area contributed by atoms with Crippen molar-refractivity contribution in [3.63, 3.8) is 0 Å². The zero-order chi connectivity index (χ0) is 12.3. The summed E-state index contributed by atoms with van der Waals surface area (Å²) in [6.45, 7) is 2.60. The highest BCUT2D eigenvalue weighted by Crippen LogP contribution is 2.20. The maximum atomic E-state index is 11.4. The second-order valence-corrected chi connectivity index (χ2v) is 4.81. The lowest BCUT2D eigenvalue weighted by molar-refractivity contribution is -0.144. The second-order valence-electron chi connectivity index (χ2n) is 4.37. The molecule has 92 valence electrons. The second kappa shape index (κ2) is 5.52. The summed E-state index contributed by atoms with van der Waals surface area (Å²) in [4.78, 5) is 13.7. The molecule has 1 aliphatic rings. The predicted octanol–water partition coefficient (Wildman–Crippen LogP) is 2.33. The molecule has 17 heavy (non-hydrogen) atoms. The van der Waals surface area contributed by atoms with E-state index in [4.69, 9.17) is 16.3 Å². The fourth-order valence-electron chi connectivity index (χ4n) is 2.18. The molecule has 1 fully saturated rings. The number of halogens is 1. The summed E-state index contributed by atoms with van der Waals surface area (Å²) in [6, 6.07) is 7.83. The minimum atomic E-state index is -0.0939. The summed E-state index contributed by atoms with van der Waals surface area (Å²) in [5, 5.41) is 0.752. The van der Waals surface area contributed by atoms with Crippen LogP contribution < -0.4 is 0 Å². The molecule has 0 spiro atoms. The number of nitrogens with zero attached hydrogens (tertiary/aromatic N) is 1. The maximum Gasteiger partial charge on any atom is 0.310 e. The van der Waals surface area contributed by atoms with E-state index >= 15 is 0 Å². The topological polar surface area (TPSA) is 29.5 Å². The van der Waals surface area contributed by atoms with Gasteiger partial charge in [-0.3, -0.25) is 9.69 Å². The van der Waals surface area contributed by atoms with Crippen LogP contribution in [-0.2, 0) is 16.1 Å². The summed E-state index contributed by atoms with van der Waals surface area (Å²) >= 11 is 5.84. The Labute approximate surface area is 106 Å². The van der Waals surface area contributed by atoms with Gasteiger partial charge in [0.25, 0.3) is 0 Å². The van der Waals surface area contributed by atoms with Crippen LogP contribution in [0.1, 0.15) is 12.0 Å². The third-order valence-electron chi connectivity index (χ3n) is 3.13. The molecule has 1 unspecified atom stereocenters. The Kier molecular flexibility index (Phi) is 4.02. The van der Waals surface area contributed by atoms with E-state index in [9.17, 15) is 4.79 Å². The van der Waals surface area contributed by atoms with Crippen molar-refractivity contribution in [2.24, 2.45) is 5.92 Å². The summed E-state index contributed by atoms with van der Waals surface area (Å²) in [5.41, 5.74) is 1.22. The van der Waals surface area contributed by atoms with Crippen molar-refractivity contribution in [2.75, 3.05) is 20.2 Å². The van der Waals surface area contributed by atoms with E-state index in [0.29, 0.717) is 0 Å². The highest BCUT2D eigenvalue weighted by Gasteiger charge is 2.28. The average Bonchev–Trinajstić information content (AvgIpc) is 2.80. The van der Waals surface area contributed by atoms with E-state index in [2.05, 4.69) is 4.90 Å². The Bertz CT molecular complexity index is 391. The number of ether oxygens (including phenoxy) is 1. The lowest BCUT2D eigenvalue weighted by atomic mass is 10.1. The molecule has 0 aromatic heterocycles. The molecule has 1 aromatic carbocycles.